The van der Waals surface area contributed by atoms with Crippen molar-refractivity contribution in [2.75, 3.05) is 41.0 Å². The van der Waals surface area contributed by atoms with E-state index < -0.39 is 18.1 Å². The number of hydrogen-bond acceptors (Lipinski definition) is 6. The molecule has 0 saturated heterocycles. The molecule has 0 aromatic heterocycles. The minimum absolute atomic E-state index is 0.0484. The van der Waals surface area contributed by atoms with Crippen LogP contribution in [-0.2, 0) is 28.6 Å². The van der Waals surface area contributed by atoms with Gasteiger partial charge in [-0.3, -0.25) is 9.59 Å². The maximum atomic E-state index is 12.8. The van der Waals surface area contributed by atoms with Gasteiger partial charge < -0.3 is 23.8 Å². The maximum absolute atomic E-state index is 12.8. The average molecular weight is 917 g/mol. The number of nitrogens with zero attached hydrogens (tertiary/aromatic N) is 1. The lowest BCUT2D eigenvalue weighted by Gasteiger charge is -2.31. The fourth-order valence-corrected chi connectivity index (χ4v) is 8.34. The summed E-state index contributed by atoms with van der Waals surface area (Å²) in [5.41, 5.74) is 0. The van der Waals surface area contributed by atoms with Gasteiger partial charge in [0.1, 0.15) is 6.61 Å². The molecule has 1 N–H and O–H groups in total. The molecule has 0 aromatic rings. The third-order valence-corrected chi connectivity index (χ3v) is 12.6. The zero-order valence-corrected chi connectivity index (χ0v) is 43.5. The van der Waals surface area contributed by atoms with E-state index in [1.54, 1.807) is 0 Å². The highest BCUT2D eigenvalue weighted by atomic mass is 16.6. The number of esters is 2. The van der Waals surface area contributed by atoms with Crippen molar-refractivity contribution in [3.05, 3.63) is 36.5 Å². The number of carboxylic acid groups (broad SMARTS) is 1. The fourth-order valence-electron chi connectivity index (χ4n) is 8.34. The molecule has 2 atom stereocenters. The molecule has 0 aromatic carbocycles. The summed E-state index contributed by atoms with van der Waals surface area (Å²) < 4.78 is 17.4. The zero-order chi connectivity index (χ0) is 47.7. The molecule has 0 heterocycles. The maximum Gasteiger partial charge on any atom is 0.362 e. The van der Waals surface area contributed by atoms with Crippen LogP contribution in [0.15, 0.2) is 36.5 Å². The van der Waals surface area contributed by atoms with Crippen LogP contribution in [0.1, 0.15) is 258 Å². The predicted octanol–water partition coefficient (Wildman–Crippen LogP) is 16.1. The Labute approximate surface area is 402 Å². The summed E-state index contributed by atoms with van der Waals surface area (Å²) >= 11 is 0. The number of hydrogen-bond donors (Lipinski definition) is 1. The molecule has 2 unspecified atom stereocenters. The summed E-state index contributed by atoms with van der Waals surface area (Å²) in [5, 5.41) is 9.67. The van der Waals surface area contributed by atoms with Gasteiger partial charge >= 0.3 is 17.9 Å². The second-order valence-corrected chi connectivity index (χ2v) is 19.8. The number of aliphatic carboxylic acids is 1. The quantitative estimate of drug-likeness (QED) is 0.0281. The first-order valence-corrected chi connectivity index (χ1v) is 27.5. The van der Waals surface area contributed by atoms with E-state index in [0.29, 0.717) is 19.3 Å². The molecule has 0 aliphatic carbocycles. The molecular formula is C57H106NO7+. The first kappa shape index (κ1) is 62.5. The highest BCUT2D eigenvalue weighted by molar-refractivity contribution is 5.72. The number of allylic oxidation sites excluding steroid dienone is 6. The lowest BCUT2D eigenvalue weighted by molar-refractivity contribution is -0.887. The first-order valence-electron chi connectivity index (χ1n) is 27.5. The first-order chi connectivity index (χ1) is 31.6. The molecule has 0 saturated carbocycles. The fraction of sp³-hybridized carbons (Fsp3) is 0.842. The number of unbranched alkanes of at least 4 members (excludes halogenated alkanes) is 30. The Morgan fingerprint density at radius 3 is 1.28 bits per heavy atom. The standard InChI is InChI=1S/C57H105NO7/c1-6-8-10-12-14-16-18-20-22-24-26-28-30-31-33-35-37-39-41-43-45-47-55(59)64-52-53(51-63-50-49-54(57(61)62)58(3,4)5)65-56(60)48-46-44-42-40-38-36-34-32-29-27-25-23-21-19-17-15-13-11-9-7-2/h8,10,14,16,20,22,53-54H,6-7,9,11-13,15,17-19,21,23-52H2,1-5H3/p+1/b10-8+,16-14+,22-20+. The van der Waals surface area contributed by atoms with Crippen LogP contribution in [0.4, 0.5) is 0 Å². The van der Waals surface area contributed by atoms with Crippen LogP contribution in [0.2, 0.25) is 0 Å². The number of quaternary nitrogens is 1. The number of carboxylic acids is 1. The molecule has 8 nitrogen and oxygen atoms in total. The highest BCUT2D eigenvalue weighted by Gasteiger charge is 2.31. The van der Waals surface area contributed by atoms with E-state index in [-0.39, 0.29) is 36.2 Å². The van der Waals surface area contributed by atoms with Gasteiger partial charge in [0.2, 0.25) is 0 Å². The van der Waals surface area contributed by atoms with Gasteiger partial charge in [-0.15, -0.1) is 0 Å². The normalized spacial score (nSPS) is 13.1. The van der Waals surface area contributed by atoms with Gasteiger partial charge in [-0.05, 0) is 44.9 Å². The van der Waals surface area contributed by atoms with E-state index in [2.05, 4.69) is 50.3 Å². The molecule has 0 bridgehead atoms. The van der Waals surface area contributed by atoms with Gasteiger partial charge in [0, 0.05) is 19.3 Å². The van der Waals surface area contributed by atoms with Crippen LogP contribution in [0, 0.1) is 0 Å². The van der Waals surface area contributed by atoms with Crippen molar-refractivity contribution in [1.82, 2.24) is 0 Å². The van der Waals surface area contributed by atoms with Crippen LogP contribution >= 0.6 is 0 Å². The molecule has 0 radical (unpaired) electrons. The number of carbonyl (C=O) groups is 3. The lowest BCUT2D eigenvalue weighted by atomic mass is 10.0. The Bertz CT molecular complexity index is 1160. The van der Waals surface area contributed by atoms with E-state index in [0.717, 1.165) is 57.8 Å². The molecule has 0 amide bonds. The van der Waals surface area contributed by atoms with Crippen molar-refractivity contribution in [2.45, 2.75) is 270 Å². The molecule has 0 fully saturated rings. The Kier molecular flexibility index (Phi) is 46.2. The van der Waals surface area contributed by atoms with E-state index in [1.165, 1.54) is 167 Å². The van der Waals surface area contributed by atoms with E-state index in [9.17, 15) is 19.5 Å². The number of rotatable bonds is 50. The van der Waals surface area contributed by atoms with E-state index >= 15 is 0 Å². The van der Waals surface area contributed by atoms with Crippen molar-refractivity contribution in [1.29, 1.82) is 0 Å². The van der Waals surface area contributed by atoms with Gasteiger partial charge in [0.15, 0.2) is 12.1 Å². The van der Waals surface area contributed by atoms with Crippen LogP contribution in [0.5, 0.6) is 0 Å². The summed E-state index contributed by atoms with van der Waals surface area (Å²) in [4.78, 5) is 37.2. The average Bonchev–Trinajstić information content (AvgIpc) is 3.27. The minimum Gasteiger partial charge on any atom is -0.477 e. The number of carbonyl (C=O) groups excluding carboxylic acids is 2. The molecule has 65 heavy (non-hydrogen) atoms. The summed E-state index contributed by atoms with van der Waals surface area (Å²) in [5.74, 6) is -1.45. The molecule has 8 heteroatoms. The summed E-state index contributed by atoms with van der Waals surface area (Å²) in [6, 6.07) is -0.614. The van der Waals surface area contributed by atoms with Crippen LogP contribution in [0.25, 0.3) is 0 Å². The van der Waals surface area contributed by atoms with Crippen molar-refractivity contribution in [3.8, 4) is 0 Å². The Balaban J connectivity index is 4.17. The predicted molar refractivity (Wildman–Crippen MR) is 275 cm³/mol. The monoisotopic (exact) mass is 917 g/mol. The Hall–Kier alpha value is -2.45. The van der Waals surface area contributed by atoms with Crippen molar-refractivity contribution < 1.29 is 38.2 Å². The van der Waals surface area contributed by atoms with Gasteiger partial charge in [0.05, 0.1) is 34.4 Å². The van der Waals surface area contributed by atoms with Gasteiger partial charge in [0.25, 0.3) is 0 Å². The summed E-state index contributed by atoms with van der Waals surface area (Å²) in [6.07, 6.45) is 57.7. The second kappa shape index (κ2) is 48.0. The summed E-state index contributed by atoms with van der Waals surface area (Å²) in [7, 11) is 5.55. The molecule has 0 spiro atoms. The second-order valence-electron chi connectivity index (χ2n) is 19.8. The molecule has 0 rings (SSSR count). The molecule has 0 aliphatic rings. The van der Waals surface area contributed by atoms with Crippen LogP contribution in [-0.4, -0.2) is 80.6 Å². The Morgan fingerprint density at radius 1 is 0.477 bits per heavy atom. The van der Waals surface area contributed by atoms with Gasteiger partial charge in [-0.2, -0.15) is 0 Å². The minimum atomic E-state index is -0.872. The molecular weight excluding hydrogens is 811 g/mol. The third-order valence-electron chi connectivity index (χ3n) is 12.6. The van der Waals surface area contributed by atoms with Gasteiger partial charge in [-0.25, -0.2) is 4.79 Å². The third kappa shape index (κ3) is 46.4. The van der Waals surface area contributed by atoms with E-state index in [4.69, 9.17) is 14.2 Å². The van der Waals surface area contributed by atoms with Crippen LogP contribution in [0.3, 0.4) is 0 Å². The van der Waals surface area contributed by atoms with Crippen molar-refractivity contribution in [2.24, 2.45) is 0 Å². The SMILES string of the molecule is CC/C=C/C/C=C/C/C=C/CCCCCCCCCCCCCC(=O)OCC(COCCC(C(=O)O)[N+](C)(C)C)OC(=O)CCCCCCCCCCCCCCCCCCCCCC. The Morgan fingerprint density at radius 2 is 0.862 bits per heavy atom. The smallest absolute Gasteiger partial charge is 0.362 e. The van der Waals surface area contributed by atoms with Crippen molar-refractivity contribution >= 4 is 17.9 Å². The zero-order valence-electron chi connectivity index (χ0n) is 43.5. The van der Waals surface area contributed by atoms with Crippen molar-refractivity contribution in [3.63, 3.8) is 0 Å². The van der Waals surface area contributed by atoms with E-state index in [1.807, 2.05) is 21.1 Å². The van der Waals surface area contributed by atoms with Crippen LogP contribution < -0.4 is 0 Å². The summed E-state index contributed by atoms with van der Waals surface area (Å²) in [6.45, 7) is 4.67. The highest BCUT2D eigenvalue weighted by Crippen LogP contribution is 2.17. The molecule has 0 aliphatic heterocycles. The topological polar surface area (TPSA) is 99.1 Å². The van der Waals surface area contributed by atoms with Gasteiger partial charge in [-0.1, -0.05) is 230 Å². The number of likely N-dealkylation sites (N-methyl/N-ethyl adjacent to an activating group) is 1. The largest absolute Gasteiger partial charge is 0.477 e. The lowest BCUT2D eigenvalue weighted by Crippen LogP contribution is -2.50. The number of ether oxygens (including phenoxy) is 3. The molecule has 380 valence electrons.